The van der Waals surface area contributed by atoms with Gasteiger partial charge in [0.05, 0.1) is 5.02 Å². The molecule has 0 N–H and O–H groups in total. The van der Waals surface area contributed by atoms with Crippen molar-refractivity contribution in [1.82, 2.24) is 0 Å². The summed E-state index contributed by atoms with van der Waals surface area (Å²) in [6.45, 7) is 2.11. The van der Waals surface area contributed by atoms with Crippen molar-refractivity contribution in [2.24, 2.45) is 0 Å². The van der Waals surface area contributed by atoms with Gasteiger partial charge in [0.2, 0.25) is 0 Å². The second-order valence-corrected chi connectivity index (χ2v) is 4.41. The Kier molecular flexibility index (Phi) is 3.80. The molecule has 0 aliphatic rings. The minimum atomic E-state index is -0.263. The van der Waals surface area contributed by atoms with Gasteiger partial charge in [0.25, 0.3) is 0 Å². The molecule has 0 amide bonds. The van der Waals surface area contributed by atoms with Crippen molar-refractivity contribution in [3.63, 3.8) is 0 Å². The van der Waals surface area contributed by atoms with Gasteiger partial charge in [-0.15, -0.1) is 0 Å². The molecule has 0 nitrogen and oxygen atoms in total. The lowest BCUT2D eigenvalue weighted by Gasteiger charge is -2.11. The average molecular weight is 249 g/mol. The van der Waals surface area contributed by atoms with E-state index in [0.29, 0.717) is 10.6 Å². The van der Waals surface area contributed by atoms with Gasteiger partial charge in [0, 0.05) is 5.56 Å². The van der Waals surface area contributed by atoms with E-state index >= 15 is 0 Å². The maximum atomic E-state index is 13.9. The molecule has 2 aromatic rings. The van der Waals surface area contributed by atoms with Gasteiger partial charge in [-0.2, -0.15) is 0 Å². The van der Waals surface area contributed by atoms with E-state index in [0.717, 1.165) is 24.0 Å². The summed E-state index contributed by atoms with van der Waals surface area (Å²) >= 11 is 6.10. The van der Waals surface area contributed by atoms with Gasteiger partial charge in [-0.1, -0.05) is 55.3 Å². The fourth-order valence-electron chi connectivity index (χ4n) is 2.01. The molecule has 0 bridgehead atoms. The van der Waals surface area contributed by atoms with E-state index in [1.54, 1.807) is 12.1 Å². The first-order chi connectivity index (χ1) is 8.24. The normalized spacial score (nSPS) is 10.5. The van der Waals surface area contributed by atoms with Crippen molar-refractivity contribution in [3.05, 3.63) is 58.9 Å². The Morgan fingerprint density at radius 2 is 1.82 bits per heavy atom. The predicted octanol–water partition coefficient (Wildman–Crippen LogP) is 5.10. The lowest BCUT2D eigenvalue weighted by atomic mass is 9.96. The van der Waals surface area contributed by atoms with Crippen LogP contribution >= 0.6 is 11.6 Å². The van der Waals surface area contributed by atoms with Gasteiger partial charge in [-0.25, -0.2) is 4.39 Å². The summed E-state index contributed by atoms with van der Waals surface area (Å²) in [7, 11) is 0. The highest BCUT2D eigenvalue weighted by molar-refractivity contribution is 6.33. The SMILES string of the molecule is CCCc1ccccc1-c1c(F)cccc1Cl. The highest BCUT2D eigenvalue weighted by atomic mass is 35.5. The average Bonchev–Trinajstić information content (AvgIpc) is 2.31. The van der Waals surface area contributed by atoms with Crippen LogP contribution in [-0.2, 0) is 6.42 Å². The number of hydrogen-bond acceptors (Lipinski definition) is 0. The molecular weight excluding hydrogens is 235 g/mol. The molecule has 2 rings (SSSR count). The van der Waals surface area contributed by atoms with Crippen molar-refractivity contribution in [2.45, 2.75) is 19.8 Å². The van der Waals surface area contributed by atoms with E-state index in [2.05, 4.69) is 6.92 Å². The first-order valence-corrected chi connectivity index (χ1v) is 6.14. The molecule has 0 spiro atoms. The van der Waals surface area contributed by atoms with Crippen LogP contribution in [0.2, 0.25) is 5.02 Å². The van der Waals surface area contributed by atoms with Crippen LogP contribution in [-0.4, -0.2) is 0 Å². The van der Waals surface area contributed by atoms with Crippen molar-refractivity contribution >= 4 is 11.6 Å². The molecule has 0 fully saturated rings. The quantitative estimate of drug-likeness (QED) is 0.709. The lowest BCUT2D eigenvalue weighted by Crippen LogP contribution is -1.92. The van der Waals surface area contributed by atoms with Crippen LogP contribution in [0.3, 0.4) is 0 Å². The van der Waals surface area contributed by atoms with Crippen molar-refractivity contribution in [2.75, 3.05) is 0 Å². The summed E-state index contributed by atoms with van der Waals surface area (Å²) in [5, 5.41) is 0.466. The number of aryl methyl sites for hydroxylation is 1. The van der Waals surface area contributed by atoms with Crippen molar-refractivity contribution in [1.29, 1.82) is 0 Å². The fraction of sp³-hybridized carbons (Fsp3) is 0.200. The molecule has 0 aliphatic heterocycles. The molecule has 0 saturated carbocycles. The highest BCUT2D eigenvalue weighted by Crippen LogP contribution is 2.33. The number of hydrogen-bond donors (Lipinski definition) is 0. The van der Waals surface area contributed by atoms with E-state index in [4.69, 9.17) is 11.6 Å². The second kappa shape index (κ2) is 5.33. The third-order valence-electron chi connectivity index (χ3n) is 2.77. The Morgan fingerprint density at radius 3 is 2.53 bits per heavy atom. The minimum absolute atomic E-state index is 0.263. The molecule has 17 heavy (non-hydrogen) atoms. The van der Waals surface area contributed by atoms with Gasteiger partial charge in [0.15, 0.2) is 0 Å². The first kappa shape index (κ1) is 12.1. The third kappa shape index (κ3) is 2.50. The smallest absolute Gasteiger partial charge is 0.132 e. The largest absolute Gasteiger partial charge is 0.206 e. The van der Waals surface area contributed by atoms with Crippen LogP contribution < -0.4 is 0 Å². The topological polar surface area (TPSA) is 0 Å². The van der Waals surface area contributed by atoms with E-state index in [-0.39, 0.29) is 5.82 Å². The first-order valence-electron chi connectivity index (χ1n) is 5.76. The third-order valence-corrected chi connectivity index (χ3v) is 3.08. The molecule has 0 unspecified atom stereocenters. The van der Waals surface area contributed by atoms with E-state index in [9.17, 15) is 4.39 Å². The van der Waals surface area contributed by atoms with Gasteiger partial charge in [0.1, 0.15) is 5.82 Å². The molecule has 0 atom stereocenters. The van der Waals surface area contributed by atoms with Crippen LogP contribution in [0.1, 0.15) is 18.9 Å². The Labute approximate surface area is 106 Å². The van der Waals surface area contributed by atoms with Crippen molar-refractivity contribution in [3.8, 4) is 11.1 Å². The summed E-state index contributed by atoms with van der Waals surface area (Å²) in [6, 6.07) is 12.6. The van der Waals surface area contributed by atoms with Crippen LogP contribution in [0.4, 0.5) is 4.39 Å². The van der Waals surface area contributed by atoms with Gasteiger partial charge in [-0.05, 0) is 29.7 Å². The molecule has 0 aromatic heterocycles. The Hall–Kier alpha value is -1.34. The van der Waals surface area contributed by atoms with Crippen LogP contribution in [0.15, 0.2) is 42.5 Å². The zero-order valence-corrected chi connectivity index (χ0v) is 10.5. The minimum Gasteiger partial charge on any atom is -0.206 e. The van der Waals surface area contributed by atoms with Crippen LogP contribution in [0, 0.1) is 5.82 Å². The maximum absolute atomic E-state index is 13.9. The number of benzene rings is 2. The molecule has 0 radical (unpaired) electrons. The zero-order valence-electron chi connectivity index (χ0n) is 9.71. The van der Waals surface area contributed by atoms with Crippen LogP contribution in [0.5, 0.6) is 0 Å². The summed E-state index contributed by atoms with van der Waals surface area (Å²) in [4.78, 5) is 0. The molecule has 0 heterocycles. The molecule has 2 heteroatoms. The van der Waals surface area contributed by atoms with E-state index in [1.165, 1.54) is 6.07 Å². The molecular formula is C15H14ClF. The summed E-state index contributed by atoms with van der Waals surface area (Å²) in [6.07, 6.45) is 1.96. The second-order valence-electron chi connectivity index (χ2n) is 4.00. The Morgan fingerprint density at radius 1 is 1.06 bits per heavy atom. The standard InChI is InChI=1S/C15H14ClF/c1-2-6-11-7-3-4-8-12(11)15-13(16)9-5-10-14(15)17/h3-5,7-10H,2,6H2,1H3. The van der Waals surface area contributed by atoms with Crippen molar-refractivity contribution < 1.29 is 4.39 Å². The molecule has 0 aliphatic carbocycles. The summed E-state index contributed by atoms with van der Waals surface area (Å²) in [5.74, 6) is -0.263. The fourth-order valence-corrected chi connectivity index (χ4v) is 2.27. The summed E-state index contributed by atoms with van der Waals surface area (Å²) in [5.41, 5.74) is 2.55. The van der Waals surface area contributed by atoms with E-state index in [1.807, 2.05) is 24.3 Å². The van der Waals surface area contributed by atoms with Gasteiger partial charge in [-0.3, -0.25) is 0 Å². The molecule has 88 valence electrons. The Bertz CT molecular complexity index is 500. The summed E-state index contributed by atoms with van der Waals surface area (Å²) < 4.78 is 13.9. The Balaban J connectivity index is 2.60. The molecule has 0 saturated heterocycles. The van der Waals surface area contributed by atoms with Crippen LogP contribution in [0.25, 0.3) is 11.1 Å². The lowest BCUT2D eigenvalue weighted by molar-refractivity contribution is 0.631. The number of rotatable bonds is 3. The zero-order chi connectivity index (χ0) is 12.3. The monoisotopic (exact) mass is 248 g/mol. The number of halogens is 2. The van der Waals surface area contributed by atoms with Gasteiger partial charge >= 0.3 is 0 Å². The maximum Gasteiger partial charge on any atom is 0.132 e. The van der Waals surface area contributed by atoms with E-state index < -0.39 is 0 Å². The predicted molar refractivity (Wildman–Crippen MR) is 70.8 cm³/mol. The highest BCUT2D eigenvalue weighted by Gasteiger charge is 2.12. The molecule has 2 aromatic carbocycles. The van der Waals surface area contributed by atoms with Gasteiger partial charge < -0.3 is 0 Å².